The maximum atomic E-state index is 5.06. The van der Waals surface area contributed by atoms with Crippen molar-refractivity contribution in [2.45, 2.75) is 91.1 Å². The molecule has 2 aromatic rings. The summed E-state index contributed by atoms with van der Waals surface area (Å²) in [7, 11) is 0. The van der Waals surface area contributed by atoms with Crippen molar-refractivity contribution >= 4 is 52.4 Å². The summed E-state index contributed by atoms with van der Waals surface area (Å²) >= 11 is 0. The molecule has 5 aliphatic rings. The van der Waals surface area contributed by atoms with Crippen LogP contribution in [0.3, 0.4) is 0 Å². The number of benzene rings is 2. The Bertz CT molecular complexity index is 1630. The van der Waals surface area contributed by atoms with Gasteiger partial charge in [0.25, 0.3) is 0 Å². The zero-order valence-corrected chi connectivity index (χ0v) is 28.9. The third-order valence-corrected chi connectivity index (χ3v) is 9.03. The van der Waals surface area contributed by atoms with E-state index in [1.54, 1.807) is 6.34 Å². The van der Waals surface area contributed by atoms with Crippen molar-refractivity contribution in [2.24, 2.45) is 20.0 Å². The number of nitrogens with zero attached hydrogens (tertiary/aromatic N) is 7. The average molecular weight is 632 g/mol. The molecular weight excluding hydrogens is 582 g/mol. The molecule has 2 N–H and O–H groups in total. The van der Waals surface area contributed by atoms with E-state index in [1.807, 2.05) is 4.90 Å². The van der Waals surface area contributed by atoms with Gasteiger partial charge >= 0.3 is 0 Å². The van der Waals surface area contributed by atoms with Crippen molar-refractivity contribution in [1.29, 1.82) is 0 Å². The highest BCUT2D eigenvalue weighted by molar-refractivity contribution is 6.24. The van der Waals surface area contributed by atoms with Crippen molar-refractivity contribution in [2.75, 3.05) is 46.6 Å². The summed E-state index contributed by atoms with van der Waals surface area (Å²) in [6.45, 7) is 17.6. The van der Waals surface area contributed by atoms with Crippen molar-refractivity contribution < 1.29 is 0 Å². The number of anilines is 4. The van der Waals surface area contributed by atoms with Crippen LogP contribution in [0.4, 0.5) is 22.7 Å². The van der Waals surface area contributed by atoms with Gasteiger partial charge in [-0.25, -0.2) is 24.9 Å². The highest BCUT2D eigenvalue weighted by Crippen LogP contribution is 2.38. The molecule has 0 aromatic heterocycles. The summed E-state index contributed by atoms with van der Waals surface area (Å²) in [4.78, 5) is 26.3. The van der Waals surface area contributed by atoms with Crippen molar-refractivity contribution in [3.05, 3.63) is 65.4 Å². The first-order chi connectivity index (χ1) is 22.5. The van der Waals surface area contributed by atoms with Gasteiger partial charge in [-0.3, -0.25) is 0 Å². The van der Waals surface area contributed by atoms with Crippen LogP contribution in [0.1, 0.15) is 91.2 Å². The largest absolute Gasteiger partial charge is 0.380 e. The SMILES string of the molecule is CC(C)(C)Nc1cc(N2CCCCC2)ccc1C1=CC2=CC(c3ccc(N4CCCCC4)cc3NC(C)(C)C)=NC3=NC=NC(=N1)N23. The van der Waals surface area contributed by atoms with Crippen LogP contribution in [-0.2, 0) is 0 Å². The Morgan fingerprint density at radius 2 is 1.17 bits per heavy atom. The maximum absolute atomic E-state index is 5.06. The minimum absolute atomic E-state index is 0.118. The van der Waals surface area contributed by atoms with Crippen LogP contribution in [0.25, 0.3) is 5.70 Å². The number of nitrogens with one attached hydrogen (secondary N) is 2. The normalized spacial score (nSPS) is 19.7. The van der Waals surface area contributed by atoms with Crippen molar-refractivity contribution in [1.82, 2.24) is 4.90 Å². The molecule has 9 heteroatoms. The highest BCUT2D eigenvalue weighted by Gasteiger charge is 2.32. The van der Waals surface area contributed by atoms with Gasteiger partial charge in [-0.1, -0.05) is 0 Å². The molecule has 0 saturated carbocycles. The molecule has 5 aliphatic heterocycles. The standard InChI is InChI=1S/C38H49N9/c1-37(2,3)43-33-21-26(45-17-9-7-10-18-45)13-15-29(33)31-23-28-24-32(42-36-40-25-39-35(41-31)47(28)36)30-16-14-27(46-19-11-8-12-20-46)22-34(30)44-38(4,5)6/h13-16,21-25,43-44H,7-12,17-20H2,1-6H3. The first-order valence-corrected chi connectivity index (χ1v) is 17.4. The number of guanidine groups is 2. The zero-order chi connectivity index (χ0) is 32.8. The van der Waals surface area contributed by atoms with E-state index in [1.165, 1.54) is 49.9 Å². The van der Waals surface area contributed by atoms with E-state index in [0.717, 1.165) is 65.8 Å². The van der Waals surface area contributed by atoms with Gasteiger partial charge in [-0.15, -0.1) is 0 Å². The lowest BCUT2D eigenvalue weighted by molar-refractivity contribution is 0.577. The van der Waals surface area contributed by atoms with E-state index >= 15 is 0 Å². The monoisotopic (exact) mass is 631 g/mol. The van der Waals surface area contributed by atoms with E-state index in [4.69, 9.17) is 9.98 Å². The first kappa shape index (κ1) is 31.2. The van der Waals surface area contributed by atoms with Gasteiger partial charge in [-0.05, 0) is 129 Å². The minimum atomic E-state index is -0.118. The third-order valence-electron chi connectivity index (χ3n) is 9.03. The Labute approximate surface area is 280 Å². The molecule has 246 valence electrons. The van der Waals surface area contributed by atoms with Crippen LogP contribution in [0, 0.1) is 0 Å². The van der Waals surface area contributed by atoms with E-state index in [0.29, 0.717) is 11.9 Å². The second-order valence-electron chi connectivity index (χ2n) is 15.3. The fourth-order valence-corrected chi connectivity index (χ4v) is 6.96. The van der Waals surface area contributed by atoms with Gasteiger partial charge in [0.1, 0.15) is 6.34 Å². The summed E-state index contributed by atoms with van der Waals surface area (Å²) in [6, 6.07) is 13.5. The van der Waals surface area contributed by atoms with E-state index in [9.17, 15) is 0 Å². The van der Waals surface area contributed by atoms with Crippen LogP contribution >= 0.6 is 0 Å². The predicted octanol–water partition coefficient (Wildman–Crippen LogP) is 7.89. The van der Waals surface area contributed by atoms with Crippen molar-refractivity contribution in [3.8, 4) is 0 Å². The topological polar surface area (TPSA) is 83.2 Å². The highest BCUT2D eigenvalue weighted by atomic mass is 15.4. The molecule has 0 unspecified atom stereocenters. The fourth-order valence-electron chi connectivity index (χ4n) is 6.96. The number of hydrogen-bond donors (Lipinski definition) is 2. The fraction of sp³-hybridized carbons (Fsp3) is 0.474. The molecule has 0 radical (unpaired) electrons. The van der Waals surface area contributed by atoms with Crippen molar-refractivity contribution in [3.63, 3.8) is 0 Å². The Morgan fingerprint density at radius 3 is 1.74 bits per heavy atom. The smallest absolute Gasteiger partial charge is 0.239 e. The predicted molar refractivity (Wildman–Crippen MR) is 200 cm³/mol. The molecule has 2 saturated heterocycles. The van der Waals surface area contributed by atoms with Gasteiger partial charge in [0.2, 0.25) is 11.9 Å². The lowest BCUT2D eigenvalue weighted by Gasteiger charge is -2.34. The van der Waals surface area contributed by atoms with Gasteiger partial charge in [0.15, 0.2) is 0 Å². The molecule has 47 heavy (non-hydrogen) atoms. The molecule has 0 spiro atoms. The number of aliphatic imine (C=N–C) groups is 4. The molecule has 2 fully saturated rings. The second-order valence-corrected chi connectivity index (χ2v) is 15.3. The van der Waals surface area contributed by atoms with Crippen LogP contribution in [0.15, 0.2) is 74.2 Å². The molecule has 0 amide bonds. The summed E-state index contributed by atoms with van der Waals surface area (Å²) in [5.41, 5.74) is 9.23. The number of rotatable bonds is 6. The van der Waals surface area contributed by atoms with Crippen LogP contribution in [0.2, 0.25) is 0 Å². The van der Waals surface area contributed by atoms with Crippen LogP contribution < -0.4 is 20.4 Å². The maximum Gasteiger partial charge on any atom is 0.239 e. The molecular formula is C38H49N9. The molecule has 7 rings (SSSR count). The Kier molecular flexibility index (Phi) is 8.18. The average Bonchev–Trinajstić information content (AvgIpc) is 3.04. The Balaban J connectivity index is 1.29. The summed E-state index contributed by atoms with van der Waals surface area (Å²) in [5, 5.41) is 7.56. The quantitative estimate of drug-likeness (QED) is 0.339. The van der Waals surface area contributed by atoms with E-state index in [-0.39, 0.29) is 11.1 Å². The third kappa shape index (κ3) is 6.85. The summed E-state index contributed by atoms with van der Waals surface area (Å²) < 4.78 is 0. The van der Waals surface area contributed by atoms with Gasteiger partial charge in [0, 0.05) is 71.1 Å². The number of allylic oxidation sites excluding steroid dienone is 2. The minimum Gasteiger partial charge on any atom is -0.380 e. The molecule has 0 atom stereocenters. The number of hydrogen-bond acceptors (Lipinski definition) is 9. The zero-order valence-electron chi connectivity index (χ0n) is 28.9. The molecule has 5 heterocycles. The van der Waals surface area contributed by atoms with Gasteiger partial charge < -0.3 is 20.4 Å². The summed E-state index contributed by atoms with van der Waals surface area (Å²) in [5.74, 6) is 1.16. The molecule has 0 aliphatic carbocycles. The lowest BCUT2D eigenvalue weighted by atomic mass is 9.99. The summed E-state index contributed by atoms with van der Waals surface area (Å²) in [6.07, 6.45) is 13.5. The van der Waals surface area contributed by atoms with Gasteiger partial charge in [0.05, 0.1) is 17.1 Å². The first-order valence-electron chi connectivity index (χ1n) is 17.4. The van der Waals surface area contributed by atoms with Crippen LogP contribution in [-0.4, -0.2) is 66.1 Å². The van der Waals surface area contributed by atoms with Gasteiger partial charge in [-0.2, -0.15) is 0 Å². The van der Waals surface area contributed by atoms with E-state index < -0.39 is 0 Å². The Hall–Kier alpha value is -4.40. The lowest BCUT2D eigenvalue weighted by Crippen LogP contribution is -2.40. The second kappa shape index (κ2) is 12.3. The number of piperidine rings is 2. The van der Waals surface area contributed by atoms with E-state index in [2.05, 4.69) is 121 Å². The molecule has 9 nitrogen and oxygen atoms in total. The Morgan fingerprint density at radius 1 is 0.617 bits per heavy atom. The molecule has 2 aromatic carbocycles. The van der Waals surface area contributed by atoms with Crippen LogP contribution in [0.5, 0.6) is 0 Å². The molecule has 0 bridgehead atoms.